The van der Waals surface area contributed by atoms with Crippen LogP contribution >= 0.6 is 15.9 Å². The van der Waals surface area contributed by atoms with Crippen molar-refractivity contribution < 1.29 is 9.53 Å². The average molecular weight is 302 g/mol. The first-order valence-corrected chi connectivity index (χ1v) is 6.46. The first-order valence-electron chi connectivity index (χ1n) is 5.67. The van der Waals surface area contributed by atoms with E-state index >= 15 is 0 Å². The number of esters is 1. The fraction of sp³-hybridized carbons (Fsp3) is 0.727. The third-order valence-electron chi connectivity index (χ3n) is 2.65. The molecule has 0 amide bonds. The summed E-state index contributed by atoms with van der Waals surface area (Å²) in [6.45, 7) is 6.40. The maximum Gasteiger partial charge on any atom is 0.309 e. The van der Waals surface area contributed by atoms with Crippen molar-refractivity contribution in [3.05, 3.63) is 10.6 Å². The third kappa shape index (κ3) is 2.86. The molecule has 1 atom stereocenters. The van der Waals surface area contributed by atoms with E-state index in [-0.39, 0.29) is 11.9 Å². The SMILES string of the molecule is CC(C)(C)OC(=O)C1CCn2c(Br)nnc2C1. The van der Waals surface area contributed by atoms with Crippen molar-refractivity contribution in [3.8, 4) is 0 Å². The Labute approximate surface area is 109 Å². The van der Waals surface area contributed by atoms with Gasteiger partial charge in [-0.2, -0.15) is 0 Å². The highest BCUT2D eigenvalue weighted by Crippen LogP contribution is 2.24. The lowest BCUT2D eigenvalue weighted by Crippen LogP contribution is -2.33. The lowest BCUT2D eigenvalue weighted by Gasteiger charge is -2.26. The van der Waals surface area contributed by atoms with Gasteiger partial charge in [-0.1, -0.05) is 0 Å². The van der Waals surface area contributed by atoms with Gasteiger partial charge in [-0.15, -0.1) is 10.2 Å². The zero-order valence-electron chi connectivity index (χ0n) is 10.2. The highest BCUT2D eigenvalue weighted by molar-refractivity contribution is 9.10. The molecule has 0 saturated heterocycles. The summed E-state index contributed by atoms with van der Waals surface area (Å²) in [5.41, 5.74) is -0.428. The van der Waals surface area contributed by atoms with E-state index in [9.17, 15) is 4.79 Å². The lowest BCUT2D eigenvalue weighted by molar-refractivity contribution is -0.160. The van der Waals surface area contributed by atoms with Crippen LogP contribution in [0.3, 0.4) is 0 Å². The Bertz CT molecular complexity index is 436. The third-order valence-corrected chi connectivity index (χ3v) is 3.24. The number of halogens is 1. The van der Waals surface area contributed by atoms with Crippen LogP contribution in [0.25, 0.3) is 0 Å². The summed E-state index contributed by atoms with van der Waals surface area (Å²) < 4.78 is 8.11. The van der Waals surface area contributed by atoms with E-state index < -0.39 is 5.60 Å². The number of aromatic nitrogens is 3. The van der Waals surface area contributed by atoms with Gasteiger partial charge in [-0.25, -0.2) is 0 Å². The van der Waals surface area contributed by atoms with Crippen LogP contribution in [-0.2, 0) is 22.5 Å². The van der Waals surface area contributed by atoms with Gasteiger partial charge in [0.2, 0.25) is 0 Å². The molecule has 0 bridgehead atoms. The van der Waals surface area contributed by atoms with Crippen molar-refractivity contribution in [1.82, 2.24) is 14.8 Å². The van der Waals surface area contributed by atoms with Crippen LogP contribution in [0.4, 0.5) is 0 Å². The van der Waals surface area contributed by atoms with E-state index in [0.29, 0.717) is 6.42 Å². The minimum Gasteiger partial charge on any atom is -0.460 e. The second-order valence-corrected chi connectivity index (χ2v) is 5.97. The number of carbonyl (C=O) groups is 1. The van der Waals surface area contributed by atoms with Gasteiger partial charge >= 0.3 is 5.97 Å². The zero-order valence-corrected chi connectivity index (χ0v) is 11.8. The van der Waals surface area contributed by atoms with Gasteiger partial charge in [-0.05, 0) is 43.1 Å². The molecule has 0 fully saturated rings. The first-order chi connectivity index (χ1) is 7.87. The minimum atomic E-state index is -0.428. The van der Waals surface area contributed by atoms with Gasteiger partial charge in [0.15, 0.2) is 4.73 Å². The Hall–Kier alpha value is -0.910. The second kappa shape index (κ2) is 4.40. The molecule has 2 rings (SSSR count). The molecular formula is C11H16BrN3O2. The number of fused-ring (bicyclic) bond motifs is 1. The van der Waals surface area contributed by atoms with Crippen molar-refractivity contribution in [3.63, 3.8) is 0 Å². The smallest absolute Gasteiger partial charge is 0.309 e. The monoisotopic (exact) mass is 301 g/mol. The quantitative estimate of drug-likeness (QED) is 0.744. The summed E-state index contributed by atoms with van der Waals surface area (Å²) in [5.74, 6) is 0.611. The van der Waals surface area contributed by atoms with Crippen LogP contribution in [0, 0.1) is 5.92 Å². The normalized spacial score (nSPS) is 19.9. The Kier molecular flexibility index (Phi) is 3.25. The van der Waals surface area contributed by atoms with Crippen molar-refractivity contribution in [2.45, 2.75) is 45.8 Å². The van der Waals surface area contributed by atoms with Gasteiger partial charge in [0.1, 0.15) is 11.4 Å². The van der Waals surface area contributed by atoms with E-state index in [4.69, 9.17) is 4.74 Å². The zero-order chi connectivity index (χ0) is 12.6. The maximum absolute atomic E-state index is 11.9. The van der Waals surface area contributed by atoms with Gasteiger partial charge in [0.05, 0.1) is 5.92 Å². The van der Waals surface area contributed by atoms with Crippen molar-refractivity contribution in [2.75, 3.05) is 0 Å². The first kappa shape index (κ1) is 12.5. The molecule has 94 valence electrons. The van der Waals surface area contributed by atoms with Crippen LogP contribution in [0.2, 0.25) is 0 Å². The largest absolute Gasteiger partial charge is 0.460 e. The number of carbonyl (C=O) groups excluding carboxylic acids is 1. The number of hydrogen-bond acceptors (Lipinski definition) is 4. The summed E-state index contributed by atoms with van der Waals surface area (Å²) in [5, 5.41) is 7.99. The van der Waals surface area contributed by atoms with Crippen molar-refractivity contribution in [2.24, 2.45) is 5.92 Å². The number of ether oxygens (including phenoxy) is 1. The minimum absolute atomic E-state index is 0.0992. The van der Waals surface area contributed by atoms with E-state index in [0.717, 1.165) is 23.5 Å². The summed E-state index contributed by atoms with van der Waals surface area (Å²) in [7, 11) is 0. The molecule has 0 N–H and O–H groups in total. The van der Waals surface area contributed by atoms with Crippen molar-refractivity contribution >= 4 is 21.9 Å². The molecule has 0 saturated carbocycles. The van der Waals surface area contributed by atoms with Crippen LogP contribution in [-0.4, -0.2) is 26.3 Å². The van der Waals surface area contributed by atoms with E-state index in [2.05, 4.69) is 26.1 Å². The molecular weight excluding hydrogens is 286 g/mol. The van der Waals surface area contributed by atoms with Gasteiger partial charge < -0.3 is 9.30 Å². The molecule has 6 heteroatoms. The standard InChI is InChI=1S/C11H16BrN3O2/c1-11(2,3)17-9(16)7-4-5-15-8(6-7)13-14-10(15)12/h7H,4-6H2,1-3H3. The topological polar surface area (TPSA) is 57.0 Å². The molecule has 1 aromatic rings. The molecule has 0 aromatic carbocycles. The fourth-order valence-electron chi connectivity index (χ4n) is 1.88. The summed E-state index contributed by atoms with van der Waals surface area (Å²) in [6.07, 6.45) is 1.38. The molecule has 0 radical (unpaired) electrons. The number of nitrogens with zero attached hydrogens (tertiary/aromatic N) is 3. The fourth-order valence-corrected chi connectivity index (χ4v) is 2.34. The molecule has 1 aliphatic heterocycles. The summed E-state index contributed by atoms with van der Waals surface area (Å²) in [4.78, 5) is 11.9. The Balaban J connectivity index is 2.05. The van der Waals surface area contributed by atoms with Gasteiger partial charge in [-0.3, -0.25) is 4.79 Å². The van der Waals surface area contributed by atoms with Crippen LogP contribution < -0.4 is 0 Å². The molecule has 1 unspecified atom stereocenters. The predicted octanol–water partition coefficient (Wildman–Crippen LogP) is 1.94. The lowest BCUT2D eigenvalue weighted by atomic mass is 9.97. The molecule has 0 spiro atoms. The van der Waals surface area contributed by atoms with E-state index in [1.807, 2.05) is 25.3 Å². The Morgan fingerprint density at radius 2 is 2.18 bits per heavy atom. The number of rotatable bonds is 1. The predicted molar refractivity (Wildman–Crippen MR) is 65.4 cm³/mol. The molecule has 2 heterocycles. The molecule has 1 aromatic heterocycles. The summed E-state index contributed by atoms with van der Waals surface area (Å²) in [6, 6.07) is 0. The second-order valence-electron chi connectivity index (χ2n) is 5.26. The van der Waals surface area contributed by atoms with E-state index in [1.54, 1.807) is 0 Å². The van der Waals surface area contributed by atoms with Gasteiger partial charge in [0.25, 0.3) is 0 Å². The molecule has 17 heavy (non-hydrogen) atoms. The van der Waals surface area contributed by atoms with E-state index in [1.165, 1.54) is 0 Å². The number of hydrogen-bond donors (Lipinski definition) is 0. The average Bonchev–Trinajstić information content (AvgIpc) is 2.57. The Morgan fingerprint density at radius 3 is 2.82 bits per heavy atom. The molecule has 5 nitrogen and oxygen atoms in total. The molecule has 0 aliphatic carbocycles. The Morgan fingerprint density at radius 1 is 1.47 bits per heavy atom. The van der Waals surface area contributed by atoms with Crippen molar-refractivity contribution in [1.29, 1.82) is 0 Å². The molecule has 1 aliphatic rings. The van der Waals surface area contributed by atoms with Crippen LogP contribution in [0.15, 0.2) is 4.73 Å². The highest BCUT2D eigenvalue weighted by atomic mass is 79.9. The van der Waals surface area contributed by atoms with Crippen LogP contribution in [0.1, 0.15) is 33.0 Å². The van der Waals surface area contributed by atoms with Crippen LogP contribution in [0.5, 0.6) is 0 Å². The highest BCUT2D eigenvalue weighted by Gasteiger charge is 2.30. The summed E-state index contributed by atoms with van der Waals surface area (Å²) >= 11 is 3.33. The van der Waals surface area contributed by atoms with Gasteiger partial charge in [0, 0.05) is 13.0 Å². The maximum atomic E-state index is 11.9.